The van der Waals surface area contributed by atoms with Gasteiger partial charge in [0.25, 0.3) is 6.43 Å². The minimum Gasteiger partial charge on any atom is -0.466 e. The first-order chi connectivity index (χ1) is 8.49. The van der Waals surface area contributed by atoms with E-state index in [-0.39, 0.29) is 23.7 Å². The van der Waals surface area contributed by atoms with Crippen LogP contribution in [0.25, 0.3) is 0 Å². The van der Waals surface area contributed by atoms with Gasteiger partial charge >= 0.3 is 5.97 Å². The number of hydrogen-bond acceptors (Lipinski definition) is 5. The summed E-state index contributed by atoms with van der Waals surface area (Å²) in [5.74, 6) is -0.680. The Kier molecular flexibility index (Phi) is 4.54. The van der Waals surface area contributed by atoms with Gasteiger partial charge in [0.2, 0.25) is 0 Å². The topological polar surface area (TPSA) is 89.0 Å². The lowest BCUT2D eigenvalue weighted by molar-refractivity contribution is -0.142. The number of halogens is 2. The lowest BCUT2D eigenvalue weighted by Crippen LogP contribution is -2.12. The third-order valence-corrected chi connectivity index (χ3v) is 2.12. The maximum absolute atomic E-state index is 12.7. The van der Waals surface area contributed by atoms with Crippen LogP contribution in [0.2, 0.25) is 0 Å². The third-order valence-electron chi connectivity index (χ3n) is 2.12. The summed E-state index contributed by atoms with van der Waals surface area (Å²) in [7, 11) is 0. The molecule has 0 radical (unpaired) electrons. The summed E-state index contributed by atoms with van der Waals surface area (Å²) in [4.78, 5) is 14.9. The molecule has 0 saturated heterocycles. The van der Waals surface area contributed by atoms with Gasteiger partial charge in [-0.2, -0.15) is 5.26 Å². The predicted molar refractivity (Wildman–Crippen MR) is 58.7 cm³/mol. The number of pyridine rings is 1. The zero-order valence-electron chi connectivity index (χ0n) is 9.61. The van der Waals surface area contributed by atoms with Crippen molar-refractivity contribution in [2.24, 2.45) is 0 Å². The maximum atomic E-state index is 12.7. The minimum absolute atomic E-state index is 0.139. The third kappa shape index (κ3) is 3.13. The van der Waals surface area contributed by atoms with Crippen LogP contribution in [0.3, 0.4) is 0 Å². The monoisotopic (exact) mass is 255 g/mol. The molecule has 0 aromatic carbocycles. The molecule has 1 aromatic heterocycles. The lowest BCUT2D eigenvalue weighted by Gasteiger charge is -2.09. The van der Waals surface area contributed by atoms with Crippen LogP contribution in [0.1, 0.15) is 30.3 Å². The van der Waals surface area contributed by atoms with Gasteiger partial charge in [-0.05, 0) is 13.0 Å². The zero-order chi connectivity index (χ0) is 13.7. The number of ether oxygens (including phenoxy) is 1. The van der Waals surface area contributed by atoms with Crippen molar-refractivity contribution in [3.8, 4) is 6.07 Å². The van der Waals surface area contributed by atoms with Crippen LogP contribution >= 0.6 is 0 Å². The Morgan fingerprint density at radius 1 is 1.67 bits per heavy atom. The summed E-state index contributed by atoms with van der Waals surface area (Å²) in [6, 6.07) is 2.64. The lowest BCUT2D eigenvalue weighted by atomic mass is 10.1. The van der Waals surface area contributed by atoms with Crippen molar-refractivity contribution in [1.82, 2.24) is 4.98 Å². The summed E-state index contributed by atoms with van der Waals surface area (Å²) in [6.07, 6.45) is -3.24. The summed E-state index contributed by atoms with van der Waals surface area (Å²) in [5, 5.41) is 8.71. The number of hydrogen-bond donors (Lipinski definition) is 1. The molecule has 0 unspecified atom stereocenters. The Labute approximate surface area is 102 Å². The van der Waals surface area contributed by atoms with E-state index in [4.69, 9.17) is 11.0 Å². The molecule has 0 aliphatic rings. The fourth-order valence-corrected chi connectivity index (χ4v) is 1.35. The minimum atomic E-state index is -2.82. The van der Waals surface area contributed by atoms with Crippen LogP contribution < -0.4 is 5.73 Å². The van der Waals surface area contributed by atoms with Gasteiger partial charge in [-0.3, -0.25) is 4.79 Å². The quantitative estimate of drug-likeness (QED) is 0.825. The zero-order valence-corrected chi connectivity index (χ0v) is 9.61. The van der Waals surface area contributed by atoms with Crippen molar-refractivity contribution in [3.05, 3.63) is 23.0 Å². The van der Waals surface area contributed by atoms with Crippen molar-refractivity contribution in [3.63, 3.8) is 0 Å². The van der Waals surface area contributed by atoms with Crippen molar-refractivity contribution in [2.75, 3.05) is 12.3 Å². The second kappa shape index (κ2) is 5.91. The standard InChI is InChI=1S/C11H11F2N3O2/c1-2-18-10(17)4-8-6(11(12)13)3-7(15)9(5-14)16-8/h3,11H,2,4,15H2,1H3. The Hall–Kier alpha value is -2.23. The first kappa shape index (κ1) is 13.8. The van der Waals surface area contributed by atoms with Crippen LogP contribution in [-0.4, -0.2) is 17.6 Å². The summed E-state index contributed by atoms with van der Waals surface area (Å²) < 4.78 is 30.1. The van der Waals surface area contributed by atoms with E-state index in [1.165, 1.54) is 0 Å². The number of nitrogens with two attached hydrogens (primary N) is 1. The van der Waals surface area contributed by atoms with Crippen LogP contribution in [0.5, 0.6) is 0 Å². The van der Waals surface area contributed by atoms with E-state index < -0.39 is 24.4 Å². The molecular weight excluding hydrogens is 244 g/mol. The van der Waals surface area contributed by atoms with Gasteiger partial charge in [-0.1, -0.05) is 0 Å². The molecule has 0 bridgehead atoms. The average Bonchev–Trinajstić information content (AvgIpc) is 2.30. The summed E-state index contributed by atoms with van der Waals surface area (Å²) in [6.45, 7) is 1.74. The largest absolute Gasteiger partial charge is 0.466 e. The Balaban J connectivity index is 3.15. The molecule has 18 heavy (non-hydrogen) atoms. The highest BCUT2D eigenvalue weighted by atomic mass is 19.3. The first-order valence-corrected chi connectivity index (χ1v) is 5.12. The summed E-state index contributed by atoms with van der Waals surface area (Å²) >= 11 is 0. The number of anilines is 1. The van der Waals surface area contributed by atoms with E-state index in [1.54, 1.807) is 13.0 Å². The Morgan fingerprint density at radius 2 is 2.33 bits per heavy atom. The molecule has 96 valence electrons. The maximum Gasteiger partial charge on any atom is 0.311 e. The highest BCUT2D eigenvalue weighted by molar-refractivity contribution is 5.73. The normalized spacial score (nSPS) is 10.2. The molecule has 0 aliphatic heterocycles. The van der Waals surface area contributed by atoms with Gasteiger partial charge in [0.1, 0.15) is 6.07 Å². The molecular formula is C11H11F2N3O2. The van der Waals surface area contributed by atoms with Gasteiger partial charge in [-0.25, -0.2) is 13.8 Å². The number of esters is 1. The van der Waals surface area contributed by atoms with Crippen LogP contribution in [0.15, 0.2) is 6.07 Å². The predicted octanol–water partition coefficient (Wildman–Crippen LogP) is 1.58. The highest BCUT2D eigenvalue weighted by Gasteiger charge is 2.20. The fraction of sp³-hybridized carbons (Fsp3) is 0.364. The number of nitriles is 1. The van der Waals surface area contributed by atoms with E-state index >= 15 is 0 Å². The van der Waals surface area contributed by atoms with Crippen molar-refractivity contribution < 1.29 is 18.3 Å². The molecule has 1 heterocycles. The number of alkyl halides is 2. The molecule has 0 atom stereocenters. The second-order valence-electron chi connectivity index (χ2n) is 3.36. The van der Waals surface area contributed by atoms with E-state index in [0.717, 1.165) is 6.07 Å². The van der Waals surface area contributed by atoms with Crippen molar-refractivity contribution in [1.29, 1.82) is 5.26 Å². The fourth-order valence-electron chi connectivity index (χ4n) is 1.35. The highest BCUT2D eigenvalue weighted by Crippen LogP contribution is 2.25. The van der Waals surface area contributed by atoms with Gasteiger partial charge < -0.3 is 10.5 Å². The molecule has 0 spiro atoms. The molecule has 1 rings (SSSR count). The molecule has 0 fully saturated rings. The van der Waals surface area contributed by atoms with Crippen LogP contribution in [0.4, 0.5) is 14.5 Å². The van der Waals surface area contributed by atoms with Gasteiger partial charge in [-0.15, -0.1) is 0 Å². The number of carbonyl (C=O) groups excluding carboxylic acids is 1. The Morgan fingerprint density at radius 3 is 2.83 bits per heavy atom. The van der Waals surface area contributed by atoms with Crippen LogP contribution in [0, 0.1) is 11.3 Å². The van der Waals surface area contributed by atoms with E-state index in [0.29, 0.717) is 0 Å². The van der Waals surface area contributed by atoms with Crippen molar-refractivity contribution >= 4 is 11.7 Å². The summed E-state index contributed by atoms with van der Waals surface area (Å²) in [5.41, 5.74) is 4.43. The van der Waals surface area contributed by atoms with Gasteiger partial charge in [0, 0.05) is 5.56 Å². The van der Waals surface area contributed by atoms with Crippen molar-refractivity contribution in [2.45, 2.75) is 19.8 Å². The number of carbonyl (C=O) groups is 1. The van der Waals surface area contributed by atoms with Crippen LogP contribution in [-0.2, 0) is 16.0 Å². The number of aromatic nitrogens is 1. The van der Waals surface area contributed by atoms with Gasteiger partial charge in [0.15, 0.2) is 5.69 Å². The second-order valence-corrected chi connectivity index (χ2v) is 3.36. The molecule has 1 aromatic rings. The average molecular weight is 255 g/mol. The van der Waals surface area contributed by atoms with E-state index in [2.05, 4.69) is 9.72 Å². The Bertz CT molecular complexity index is 498. The van der Waals surface area contributed by atoms with E-state index in [1.807, 2.05) is 0 Å². The molecule has 0 aliphatic carbocycles. The number of nitrogens with zero attached hydrogens (tertiary/aromatic N) is 2. The number of nitrogen functional groups attached to an aromatic ring is 1. The van der Waals surface area contributed by atoms with E-state index in [9.17, 15) is 13.6 Å². The first-order valence-electron chi connectivity index (χ1n) is 5.12. The SMILES string of the molecule is CCOC(=O)Cc1nc(C#N)c(N)cc1C(F)F. The number of rotatable bonds is 4. The smallest absolute Gasteiger partial charge is 0.311 e. The van der Waals surface area contributed by atoms with Gasteiger partial charge in [0.05, 0.1) is 24.4 Å². The molecule has 7 heteroatoms. The molecule has 0 saturated carbocycles. The molecule has 0 amide bonds. The molecule has 2 N–H and O–H groups in total. The molecule has 5 nitrogen and oxygen atoms in total.